The minimum absolute atomic E-state index is 0.0277. The van der Waals surface area contributed by atoms with Crippen LogP contribution >= 0.6 is 0 Å². The van der Waals surface area contributed by atoms with Gasteiger partial charge in [-0.2, -0.15) is 0 Å². The summed E-state index contributed by atoms with van der Waals surface area (Å²) in [7, 11) is 2.71. The highest BCUT2D eigenvalue weighted by atomic mass is 16.6. The highest BCUT2D eigenvalue weighted by molar-refractivity contribution is 5.86. The second-order valence-corrected chi connectivity index (χ2v) is 5.66. The zero-order valence-corrected chi connectivity index (χ0v) is 15.7. The fourth-order valence-electron chi connectivity index (χ4n) is 2.20. The van der Waals surface area contributed by atoms with Crippen LogP contribution in [0.4, 0.5) is 0 Å². The number of aryl methyl sites for hydroxylation is 1. The van der Waals surface area contributed by atoms with Gasteiger partial charge < -0.3 is 19.0 Å². The second kappa shape index (κ2) is 10.7. The maximum absolute atomic E-state index is 11.7. The molecule has 6 heteroatoms. The van der Waals surface area contributed by atoms with E-state index in [0.717, 1.165) is 16.7 Å². The molecule has 0 aromatic heterocycles. The number of oxime groups is 1. The van der Waals surface area contributed by atoms with Crippen molar-refractivity contribution < 1.29 is 23.8 Å². The molecular formula is C21H23NO5. The zero-order valence-electron chi connectivity index (χ0n) is 15.7. The van der Waals surface area contributed by atoms with Crippen LogP contribution < -0.4 is 4.74 Å². The molecule has 0 atom stereocenters. The number of carbonyl (C=O) groups excluding carboxylic acids is 1. The number of ether oxygens (including phenoxy) is 3. The van der Waals surface area contributed by atoms with Gasteiger partial charge >= 0.3 is 5.97 Å². The SMILES string of the molecule is COC=C(Oc1cc(CC=NOCc2ccccc2)ccc1C)C(=O)OC. The molecule has 2 rings (SSSR count). The fourth-order valence-corrected chi connectivity index (χ4v) is 2.20. The Morgan fingerprint density at radius 1 is 1.07 bits per heavy atom. The van der Waals surface area contributed by atoms with Gasteiger partial charge in [0.2, 0.25) is 5.76 Å². The van der Waals surface area contributed by atoms with Crippen molar-refractivity contribution >= 4 is 12.2 Å². The second-order valence-electron chi connectivity index (χ2n) is 5.66. The van der Waals surface area contributed by atoms with Crippen molar-refractivity contribution in [3.8, 4) is 5.75 Å². The third-order valence-electron chi connectivity index (χ3n) is 3.63. The predicted octanol–water partition coefficient (Wildman–Crippen LogP) is 3.78. The van der Waals surface area contributed by atoms with E-state index in [0.29, 0.717) is 18.8 Å². The van der Waals surface area contributed by atoms with Crippen molar-refractivity contribution in [1.82, 2.24) is 0 Å². The summed E-state index contributed by atoms with van der Waals surface area (Å²) in [5.41, 5.74) is 2.90. The van der Waals surface area contributed by atoms with E-state index in [-0.39, 0.29) is 5.76 Å². The molecule has 0 heterocycles. The van der Waals surface area contributed by atoms with Crippen LogP contribution in [0.5, 0.6) is 5.75 Å². The largest absolute Gasteiger partial charge is 0.500 e. The molecule has 142 valence electrons. The van der Waals surface area contributed by atoms with Crippen LogP contribution in [0.15, 0.2) is 65.7 Å². The number of esters is 1. The van der Waals surface area contributed by atoms with E-state index in [1.807, 2.05) is 55.5 Å². The number of hydrogen-bond acceptors (Lipinski definition) is 6. The summed E-state index contributed by atoms with van der Waals surface area (Å²) in [6.07, 6.45) is 3.45. The first-order valence-electron chi connectivity index (χ1n) is 8.40. The fraction of sp³-hybridized carbons (Fsp3) is 0.238. The highest BCUT2D eigenvalue weighted by Crippen LogP contribution is 2.22. The molecule has 0 N–H and O–H groups in total. The molecule has 0 unspecified atom stereocenters. The van der Waals surface area contributed by atoms with E-state index in [9.17, 15) is 4.79 Å². The van der Waals surface area contributed by atoms with Crippen molar-refractivity contribution in [2.75, 3.05) is 14.2 Å². The minimum Gasteiger partial charge on any atom is -0.500 e. The van der Waals surface area contributed by atoms with Gasteiger partial charge in [0.1, 0.15) is 18.6 Å². The molecule has 0 saturated heterocycles. The van der Waals surface area contributed by atoms with Gasteiger partial charge in [-0.25, -0.2) is 4.79 Å². The van der Waals surface area contributed by atoms with E-state index in [2.05, 4.69) is 9.89 Å². The molecule has 0 saturated carbocycles. The third-order valence-corrected chi connectivity index (χ3v) is 3.63. The lowest BCUT2D eigenvalue weighted by molar-refractivity contribution is -0.138. The Kier molecular flexibility index (Phi) is 7.91. The molecule has 2 aromatic carbocycles. The number of hydrogen-bond donors (Lipinski definition) is 0. The first kappa shape index (κ1) is 20.0. The number of carbonyl (C=O) groups is 1. The molecule has 27 heavy (non-hydrogen) atoms. The topological polar surface area (TPSA) is 66.3 Å². The maximum Gasteiger partial charge on any atom is 0.377 e. The molecule has 0 aliphatic rings. The van der Waals surface area contributed by atoms with Gasteiger partial charge in [0.25, 0.3) is 0 Å². The molecule has 0 radical (unpaired) electrons. The number of benzene rings is 2. The Hall–Kier alpha value is -3.28. The van der Waals surface area contributed by atoms with Crippen LogP contribution in [0.2, 0.25) is 0 Å². The summed E-state index contributed by atoms with van der Waals surface area (Å²) in [6, 6.07) is 15.5. The minimum atomic E-state index is -0.613. The van der Waals surface area contributed by atoms with Crippen molar-refractivity contribution in [3.05, 3.63) is 77.2 Å². The van der Waals surface area contributed by atoms with Crippen molar-refractivity contribution in [1.29, 1.82) is 0 Å². The zero-order chi connectivity index (χ0) is 19.5. The predicted molar refractivity (Wildman–Crippen MR) is 102 cm³/mol. The number of rotatable bonds is 9. The molecule has 0 spiro atoms. The van der Waals surface area contributed by atoms with E-state index >= 15 is 0 Å². The Balaban J connectivity index is 1.96. The van der Waals surface area contributed by atoms with E-state index < -0.39 is 5.97 Å². The number of methoxy groups -OCH3 is 2. The Labute approximate surface area is 159 Å². The van der Waals surface area contributed by atoms with Crippen molar-refractivity contribution in [3.63, 3.8) is 0 Å². The Bertz CT molecular complexity index is 799. The van der Waals surface area contributed by atoms with Crippen molar-refractivity contribution in [2.45, 2.75) is 20.0 Å². The third kappa shape index (κ3) is 6.51. The lowest BCUT2D eigenvalue weighted by atomic mass is 10.1. The summed E-state index contributed by atoms with van der Waals surface area (Å²) >= 11 is 0. The molecule has 0 fully saturated rings. The lowest BCUT2D eigenvalue weighted by Crippen LogP contribution is -2.12. The van der Waals surface area contributed by atoms with Gasteiger partial charge in [0.15, 0.2) is 0 Å². The summed E-state index contributed by atoms with van der Waals surface area (Å²) in [6.45, 7) is 2.31. The average molecular weight is 369 g/mol. The standard InChI is InChI=1S/C21H23NO5/c1-16-9-10-17(11-12-22-26-14-18-7-5-4-6-8-18)13-19(16)27-20(15-24-2)21(23)25-3/h4-10,12-13,15H,11,14H2,1-3H3. The van der Waals surface area contributed by atoms with Crippen LogP contribution in [0.25, 0.3) is 0 Å². The normalized spacial score (nSPS) is 11.3. The molecule has 0 aliphatic heterocycles. The van der Waals surface area contributed by atoms with Crippen LogP contribution in [0, 0.1) is 6.92 Å². The van der Waals surface area contributed by atoms with Gasteiger partial charge in [-0.05, 0) is 29.7 Å². The van der Waals surface area contributed by atoms with Crippen LogP contribution in [-0.2, 0) is 32.1 Å². The van der Waals surface area contributed by atoms with Crippen LogP contribution in [0.3, 0.4) is 0 Å². The molecule has 2 aromatic rings. The van der Waals surface area contributed by atoms with Gasteiger partial charge in [-0.1, -0.05) is 47.6 Å². The molecular weight excluding hydrogens is 346 g/mol. The molecule has 0 aliphatic carbocycles. The smallest absolute Gasteiger partial charge is 0.377 e. The summed E-state index contributed by atoms with van der Waals surface area (Å²) in [4.78, 5) is 17.0. The van der Waals surface area contributed by atoms with E-state index in [1.54, 1.807) is 6.21 Å². The van der Waals surface area contributed by atoms with Gasteiger partial charge in [-0.3, -0.25) is 0 Å². The maximum atomic E-state index is 11.7. The molecule has 0 amide bonds. The van der Waals surface area contributed by atoms with Crippen LogP contribution in [-0.4, -0.2) is 26.4 Å². The Morgan fingerprint density at radius 3 is 2.56 bits per heavy atom. The average Bonchev–Trinajstić information content (AvgIpc) is 2.69. The monoisotopic (exact) mass is 369 g/mol. The van der Waals surface area contributed by atoms with Gasteiger partial charge in [0.05, 0.1) is 14.2 Å². The highest BCUT2D eigenvalue weighted by Gasteiger charge is 2.14. The summed E-state index contributed by atoms with van der Waals surface area (Å²) in [5.74, 6) is -0.0996. The first-order chi connectivity index (χ1) is 13.1. The summed E-state index contributed by atoms with van der Waals surface area (Å²) < 4.78 is 15.2. The Morgan fingerprint density at radius 2 is 1.85 bits per heavy atom. The van der Waals surface area contributed by atoms with E-state index in [4.69, 9.17) is 14.3 Å². The molecule has 0 bridgehead atoms. The quantitative estimate of drug-likeness (QED) is 0.221. The summed E-state index contributed by atoms with van der Waals surface area (Å²) in [5, 5.41) is 3.97. The van der Waals surface area contributed by atoms with Crippen LogP contribution in [0.1, 0.15) is 16.7 Å². The van der Waals surface area contributed by atoms with Gasteiger partial charge in [0, 0.05) is 12.6 Å². The number of nitrogens with zero attached hydrogens (tertiary/aromatic N) is 1. The first-order valence-corrected chi connectivity index (χ1v) is 8.40. The van der Waals surface area contributed by atoms with Gasteiger partial charge in [-0.15, -0.1) is 0 Å². The van der Waals surface area contributed by atoms with Crippen molar-refractivity contribution in [2.24, 2.45) is 5.16 Å². The lowest BCUT2D eigenvalue weighted by Gasteiger charge is -2.11. The van der Waals surface area contributed by atoms with E-state index in [1.165, 1.54) is 20.5 Å². The molecule has 6 nitrogen and oxygen atoms in total.